The number of rotatable bonds is 5. The molecule has 0 aliphatic carbocycles. The van der Waals surface area contributed by atoms with Gasteiger partial charge in [-0.3, -0.25) is 9.78 Å². The summed E-state index contributed by atoms with van der Waals surface area (Å²) in [5.41, 5.74) is 1.86. The van der Waals surface area contributed by atoms with Gasteiger partial charge >= 0.3 is 0 Å². The fourth-order valence-corrected chi connectivity index (χ4v) is 3.27. The number of amides is 1. The normalized spacial score (nSPS) is 14.0. The SMILES string of the molecule is O=C(NCc1ccncc1)c1ccc(N2CCN(c3ccccc3F)CC2)nn1. The molecule has 0 saturated carbocycles. The Kier molecular flexibility index (Phi) is 5.60. The van der Waals surface area contributed by atoms with Crippen molar-refractivity contribution in [2.75, 3.05) is 36.0 Å². The second-order valence-corrected chi connectivity index (χ2v) is 6.74. The highest BCUT2D eigenvalue weighted by Crippen LogP contribution is 2.21. The van der Waals surface area contributed by atoms with Crippen molar-refractivity contribution in [3.05, 3.63) is 78.0 Å². The number of piperazine rings is 1. The van der Waals surface area contributed by atoms with Gasteiger partial charge in [-0.15, -0.1) is 10.2 Å². The van der Waals surface area contributed by atoms with Crippen LogP contribution < -0.4 is 15.1 Å². The van der Waals surface area contributed by atoms with Crippen LogP contribution in [0, 0.1) is 5.82 Å². The van der Waals surface area contributed by atoms with E-state index >= 15 is 0 Å². The van der Waals surface area contributed by atoms with E-state index in [1.165, 1.54) is 6.07 Å². The lowest BCUT2D eigenvalue weighted by Crippen LogP contribution is -2.47. The Morgan fingerprint density at radius 2 is 1.66 bits per heavy atom. The summed E-state index contributed by atoms with van der Waals surface area (Å²) in [5.74, 6) is 0.233. The molecule has 4 rings (SSSR count). The maximum Gasteiger partial charge on any atom is 0.272 e. The number of halogens is 1. The van der Waals surface area contributed by atoms with Crippen molar-refractivity contribution in [2.45, 2.75) is 6.54 Å². The lowest BCUT2D eigenvalue weighted by atomic mass is 10.2. The van der Waals surface area contributed by atoms with Crippen molar-refractivity contribution < 1.29 is 9.18 Å². The van der Waals surface area contributed by atoms with Gasteiger partial charge in [0.05, 0.1) is 5.69 Å². The number of nitrogens with zero attached hydrogens (tertiary/aromatic N) is 5. The van der Waals surface area contributed by atoms with Gasteiger partial charge in [-0.05, 0) is 42.0 Å². The van der Waals surface area contributed by atoms with Crippen LogP contribution in [0.4, 0.5) is 15.9 Å². The molecule has 2 aromatic heterocycles. The maximum atomic E-state index is 14.0. The second-order valence-electron chi connectivity index (χ2n) is 6.74. The monoisotopic (exact) mass is 392 g/mol. The van der Waals surface area contributed by atoms with Crippen LogP contribution in [0.25, 0.3) is 0 Å². The number of hydrogen-bond acceptors (Lipinski definition) is 6. The molecule has 3 heterocycles. The zero-order valence-electron chi connectivity index (χ0n) is 15.8. The van der Waals surface area contributed by atoms with E-state index in [0.717, 1.165) is 5.56 Å². The highest BCUT2D eigenvalue weighted by Gasteiger charge is 2.20. The number of benzene rings is 1. The largest absolute Gasteiger partial charge is 0.366 e. The first kappa shape index (κ1) is 18.8. The molecule has 1 aliphatic rings. The standard InChI is InChI=1S/C21H21FN6O/c22-17-3-1-2-4-19(17)27-11-13-28(14-12-27)20-6-5-18(25-26-20)21(29)24-15-16-7-9-23-10-8-16/h1-10H,11-15H2,(H,24,29). The molecule has 8 heteroatoms. The van der Waals surface area contributed by atoms with E-state index in [9.17, 15) is 9.18 Å². The van der Waals surface area contributed by atoms with E-state index in [2.05, 4.69) is 25.4 Å². The summed E-state index contributed by atoms with van der Waals surface area (Å²) in [5, 5.41) is 11.1. The maximum absolute atomic E-state index is 14.0. The molecular formula is C21H21FN6O. The van der Waals surface area contributed by atoms with Crippen molar-refractivity contribution in [3.63, 3.8) is 0 Å². The highest BCUT2D eigenvalue weighted by atomic mass is 19.1. The minimum Gasteiger partial charge on any atom is -0.366 e. The van der Waals surface area contributed by atoms with E-state index in [1.807, 2.05) is 23.1 Å². The van der Waals surface area contributed by atoms with Gasteiger partial charge in [0.1, 0.15) is 5.82 Å². The van der Waals surface area contributed by atoms with Gasteiger partial charge in [0, 0.05) is 45.1 Å². The fourth-order valence-electron chi connectivity index (χ4n) is 3.27. The molecule has 0 bridgehead atoms. The van der Waals surface area contributed by atoms with Gasteiger partial charge < -0.3 is 15.1 Å². The van der Waals surface area contributed by atoms with Crippen LogP contribution in [0.1, 0.15) is 16.1 Å². The lowest BCUT2D eigenvalue weighted by molar-refractivity contribution is 0.0945. The molecule has 1 fully saturated rings. The lowest BCUT2D eigenvalue weighted by Gasteiger charge is -2.36. The number of anilines is 2. The molecule has 1 saturated heterocycles. The molecule has 1 aromatic carbocycles. The molecule has 1 N–H and O–H groups in total. The Labute approximate surface area is 168 Å². The predicted octanol–water partition coefficient (Wildman–Crippen LogP) is 2.27. The average Bonchev–Trinajstić information content (AvgIpc) is 2.79. The Morgan fingerprint density at radius 1 is 0.931 bits per heavy atom. The van der Waals surface area contributed by atoms with Gasteiger partial charge in [-0.1, -0.05) is 12.1 Å². The smallest absolute Gasteiger partial charge is 0.272 e. The van der Waals surface area contributed by atoms with Crippen molar-refractivity contribution in [2.24, 2.45) is 0 Å². The van der Waals surface area contributed by atoms with Crippen LogP contribution in [0.3, 0.4) is 0 Å². The van der Waals surface area contributed by atoms with Crippen LogP contribution in [-0.4, -0.2) is 47.3 Å². The number of para-hydroxylation sites is 1. The van der Waals surface area contributed by atoms with Crippen LogP contribution in [0.15, 0.2) is 60.9 Å². The minimum absolute atomic E-state index is 0.206. The first-order valence-corrected chi connectivity index (χ1v) is 9.46. The molecule has 1 aliphatic heterocycles. The van der Waals surface area contributed by atoms with Gasteiger partial charge in [0.25, 0.3) is 5.91 Å². The number of aromatic nitrogens is 3. The van der Waals surface area contributed by atoms with E-state index in [0.29, 0.717) is 44.2 Å². The average molecular weight is 392 g/mol. The zero-order valence-corrected chi connectivity index (χ0v) is 15.8. The van der Waals surface area contributed by atoms with E-state index in [1.54, 1.807) is 36.7 Å². The Hall–Kier alpha value is -3.55. The third-order valence-electron chi connectivity index (χ3n) is 4.88. The molecule has 1 amide bonds. The van der Waals surface area contributed by atoms with E-state index in [4.69, 9.17) is 0 Å². The highest BCUT2D eigenvalue weighted by molar-refractivity contribution is 5.92. The number of nitrogens with one attached hydrogen (secondary N) is 1. The van der Waals surface area contributed by atoms with Gasteiger partial charge in [0.15, 0.2) is 11.5 Å². The number of pyridine rings is 1. The summed E-state index contributed by atoms with van der Waals surface area (Å²) in [6.45, 7) is 3.20. The third-order valence-corrected chi connectivity index (χ3v) is 4.88. The topological polar surface area (TPSA) is 74.2 Å². The van der Waals surface area contributed by atoms with Crippen LogP contribution >= 0.6 is 0 Å². The number of hydrogen-bond donors (Lipinski definition) is 1. The van der Waals surface area contributed by atoms with Crippen molar-refractivity contribution in [3.8, 4) is 0 Å². The van der Waals surface area contributed by atoms with Gasteiger partial charge in [0.2, 0.25) is 0 Å². The first-order valence-electron chi connectivity index (χ1n) is 9.46. The molecule has 7 nitrogen and oxygen atoms in total. The van der Waals surface area contributed by atoms with Crippen molar-refractivity contribution in [1.29, 1.82) is 0 Å². The molecule has 3 aromatic rings. The minimum atomic E-state index is -0.273. The van der Waals surface area contributed by atoms with Crippen LogP contribution in [0.2, 0.25) is 0 Å². The Morgan fingerprint density at radius 3 is 2.34 bits per heavy atom. The number of carbonyl (C=O) groups is 1. The third kappa shape index (κ3) is 4.48. The summed E-state index contributed by atoms with van der Waals surface area (Å²) in [6, 6.07) is 14.0. The predicted molar refractivity (Wildman–Crippen MR) is 108 cm³/mol. The van der Waals surface area contributed by atoms with Crippen molar-refractivity contribution >= 4 is 17.4 Å². The fraction of sp³-hybridized carbons (Fsp3) is 0.238. The number of carbonyl (C=O) groups excluding carboxylic acids is 1. The van der Waals surface area contributed by atoms with Crippen molar-refractivity contribution in [1.82, 2.24) is 20.5 Å². The van der Waals surface area contributed by atoms with E-state index in [-0.39, 0.29) is 17.4 Å². The Bertz CT molecular complexity index is 958. The van der Waals surface area contributed by atoms with Gasteiger partial charge in [-0.25, -0.2) is 4.39 Å². The van der Waals surface area contributed by atoms with Crippen LogP contribution in [0.5, 0.6) is 0 Å². The summed E-state index contributed by atoms with van der Waals surface area (Å²) < 4.78 is 14.0. The molecule has 0 spiro atoms. The van der Waals surface area contributed by atoms with E-state index < -0.39 is 0 Å². The molecule has 148 valence electrons. The molecular weight excluding hydrogens is 371 g/mol. The summed E-state index contributed by atoms with van der Waals surface area (Å²) in [6.07, 6.45) is 3.37. The quantitative estimate of drug-likeness (QED) is 0.718. The van der Waals surface area contributed by atoms with Crippen LogP contribution in [-0.2, 0) is 6.54 Å². The Balaban J connectivity index is 1.32. The summed E-state index contributed by atoms with van der Waals surface area (Å²) in [7, 11) is 0. The molecule has 29 heavy (non-hydrogen) atoms. The van der Waals surface area contributed by atoms with Gasteiger partial charge in [-0.2, -0.15) is 0 Å². The molecule has 0 atom stereocenters. The zero-order chi connectivity index (χ0) is 20.1. The second kappa shape index (κ2) is 8.64. The summed E-state index contributed by atoms with van der Waals surface area (Å²) >= 11 is 0. The molecule has 0 radical (unpaired) electrons. The first-order chi connectivity index (χ1) is 14.2. The molecule has 0 unspecified atom stereocenters. The summed E-state index contributed by atoms with van der Waals surface area (Å²) in [4.78, 5) is 20.3.